The third-order valence-electron chi connectivity index (χ3n) is 2.81. The maximum Gasteiger partial charge on any atom is 0.322 e. The standard InChI is InChI=1S/C12H16ClN3O2/c1-18-11-3-2-9(13)8-10(11)15-12(17)16-6-4-14-5-7-16/h2-3,8,14H,4-7H2,1H3,(H,15,17). The molecule has 1 fully saturated rings. The van der Waals surface area contributed by atoms with Crippen molar-refractivity contribution in [2.24, 2.45) is 0 Å². The van der Waals surface area contributed by atoms with E-state index in [0.29, 0.717) is 29.5 Å². The molecule has 2 rings (SSSR count). The zero-order valence-corrected chi connectivity index (χ0v) is 11.0. The number of hydrogen-bond acceptors (Lipinski definition) is 3. The number of halogens is 1. The van der Waals surface area contributed by atoms with Gasteiger partial charge < -0.3 is 20.3 Å². The summed E-state index contributed by atoms with van der Waals surface area (Å²) in [5, 5.41) is 6.58. The summed E-state index contributed by atoms with van der Waals surface area (Å²) in [5.41, 5.74) is 0.591. The number of carbonyl (C=O) groups is 1. The Morgan fingerprint density at radius 1 is 1.44 bits per heavy atom. The molecule has 0 radical (unpaired) electrons. The highest BCUT2D eigenvalue weighted by atomic mass is 35.5. The molecule has 2 N–H and O–H groups in total. The van der Waals surface area contributed by atoms with Crippen molar-refractivity contribution in [1.29, 1.82) is 0 Å². The molecule has 98 valence electrons. The fraction of sp³-hybridized carbons (Fsp3) is 0.417. The van der Waals surface area contributed by atoms with Gasteiger partial charge in [0.05, 0.1) is 12.8 Å². The number of rotatable bonds is 2. The zero-order chi connectivity index (χ0) is 13.0. The van der Waals surface area contributed by atoms with Crippen molar-refractivity contribution in [3.8, 4) is 5.75 Å². The molecule has 1 aromatic carbocycles. The van der Waals surface area contributed by atoms with Gasteiger partial charge in [0.15, 0.2) is 0 Å². The van der Waals surface area contributed by atoms with E-state index in [4.69, 9.17) is 16.3 Å². The molecule has 0 unspecified atom stereocenters. The predicted octanol–water partition coefficient (Wildman–Crippen LogP) is 1.79. The van der Waals surface area contributed by atoms with Gasteiger partial charge in [0.1, 0.15) is 5.75 Å². The van der Waals surface area contributed by atoms with E-state index >= 15 is 0 Å². The molecule has 1 heterocycles. The molecule has 0 aromatic heterocycles. The van der Waals surface area contributed by atoms with Crippen LogP contribution in [0.4, 0.5) is 10.5 Å². The van der Waals surface area contributed by atoms with Crippen molar-refractivity contribution in [3.05, 3.63) is 23.2 Å². The number of anilines is 1. The Morgan fingerprint density at radius 2 is 2.17 bits per heavy atom. The van der Waals surface area contributed by atoms with E-state index in [0.717, 1.165) is 13.1 Å². The Balaban J connectivity index is 2.07. The summed E-state index contributed by atoms with van der Waals surface area (Å²) in [4.78, 5) is 13.8. The van der Waals surface area contributed by atoms with Gasteiger partial charge in [-0.2, -0.15) is 0 Å². The number of urea groups is 1. The Morgan fingerprint density at radius 3 is 2.83 bits per heavy atom. The van der Waals surface area contributed by atoms with Crippen LogP contribution < -0.4 is 15.4 Å². The molecule has 0 saturated carbocycles. The van der Waals surface area contributed by atoms with E-state index in [-0.39, 0.29) is 6.03 Å². The van der Waals surface area contributed by atoms with Crippen LogP contribution in [-0.4, -0.2) is 44.2 Å². The number of nitrogens with one attached hydrogen (secondary N) is 2. The summed E-state index contributed by atoms with van der Waals surface area (Å²) in [7, 11) is 1.56. The van der Waals surface area contributed by atoms with Gasteiger partial charge in [-0.15, -0.1) is 0 Å². The smallest absolute Gasteiger partial charge is 0.322 e. The normalized spacial score (nSPS) is 15.3. The van der Waals surface area contributed by atoms with Gasteiger partial charge >= 0.3 is 6.03 Å². The summed E-state index contributed by atoms with van der Waals surface area (Å²) >= 11 is 5.91. The van der Waals surface area contributed by atoms with Crippen LogP contribution in [0.5, 0.6) is 5.75 Å². The number of hydrogen-bond donors (Lipinski definition) is 2. The Labute approximate surface area is 111 Å². The van der Waals surface area contributed by atoms with E-state index in [1.54, 1.807) is 30.2 Å². The quantitative estimate of drug-likeness (QED) is 0.861. The molecule has 0 bridgehead atoms. The zero-order valence-electron chi connectivity index (χ0n) is 10.2. The Bertz CT molecular complexity index is 433. The van der Waals surface area contributed by atoms with E-state index < -0.39 is 0 Å². The number of benzene rings is 1. The molecule has 18 heavy (non-hydrogen) atoms. The maximum atomic E-state index is 12.0. The summed E-state index contributed by atoms with van der Waals surface area (Å²) < 4.78 is 5.18. The third kappa shape index (κ3) is 3.05. The van der Waals surface area contributed by atoms with Crippen LogP contribution in [-0.2, 0) is 0 Å². The van der Waals surface area contributed by atoms with Gasteiger partial charge in [0, 0.05) is 31.2 Å². The minimum atomic E-state index is -0.128. The molecular weight excluding hydrogens is 254 g/mol. The summed E-state index contributed by atoms with van der Waals surface area (Å²) in [5.74, 6) is 0.600. The lowest BCUT2D eigenvalue weighted by molar-refractivity contribution is 0.203. The Hall–Kier alpha value is -1.46. The van der Waals surface area contributed by atoms with Gasteiger partial charge in [-0.05, 0) is 18.2 Å². The van der Waals surface area contributed by atoms with Crippen LogP contribution in [0.1, 0.15) is 0 Å². The molecule has 6 heteroatoms. The largest absolute Gasteiger partial charge is 0.495 e. The van der Waals surface area contributed by atoms with Crippen LogP contribution in [0.25, 0.3) is 0 Å². The monoisotopic (exact) mass is 269 g/mol. The molecule has 0 spiro atoms. The molecular formula is C12H16ClN3O2. The first-order valence-corrected chi connectivity index (χ1v) is 6.18. The fourth-order valence-electron chi connectivity index (χ4n) is 1.84. The number of carbonyl (C=O) groups excluding carboxylic acids is 1. The van der Waals surface area contributed by atoms with Gasteiger partial charge in [-0.25, -0.2) is 4.79 Å². The topological polar surface area (TPSA) is 53.6 Å². The average Bonchev–Trinajstić information content (AvgIpc) is 2.40. The summed E-state index contributed by atoms with van der Waals surface area (Å²) in [6.45, 7) is 3.05. The molecule has 1 saturated heterocycles. The summed E-state index contributed by atoms with van der Waals surface area (Å²) in [6, 6.07) is 5.01. The van der Waals surface area contributed by atoms with E-state index in [2.05, 4.69) is 10.6 Å². The first-order chi connectivity index (χ1) is 8.70. The highest BCUT2D eigenvalue weighted by Gasteiger charge is 2.17. The van der Waals surface area contributed by atoms with Crippen molar-refractivity contribution >= 4 is 23.3 Å². The van der Waals surface area contributed by atoms with Crippen molar-refractivity contribution in [2.75, 3.05) is 38.6 Å². The lowest BCUT2D eigenvalue weighted by atomic mass is 10.3. The highest BCUT2D eigenvalue weighted by molar-refractivity contribution is 6.31. The lowest BCUT2D eigenvalue weighted by Crippen LogP contribution is -2.48. The second kappa shape index (κ2) is 5.93. The minimum absolute atomic E-state index is 0.128. The molecule has 2 amide bonds. The van der Waals surface area contributed by atoms with Crippen LogP contribution in [0, 0.1) is 0 Å². The van der Waals surface area contributed by atoms with Crippen LogP contribution in [0.15, 0.2) is 18.2 Å². The van der Waals surface area contributed by atoms with Gasteiger partial charge in [0.25, 0.3) is 0 Å². The number of amides is 2. The van der Waals surface area contributed by atoms with Gasteiger partial charge in [0.2, 0.25) is 0 Å². The first-order valence-electron chi connectivity index (χ1n) is 5.81. The molecule has 1 aliphatic heterocycles. The van der Waals surface area contributed by atoms with Gasteiger partial charge in [-0.3, -0.25) is 0 Å². The first kappa shape index (κ1) is 13.0. The van der Waals surface area contributed by atoms with Crippen LogP contribution in [0.3, 0.4) is 0 Å². The molecule has 0 atom stereocenters. The predicted molar refractivity (Wildman–Crippen MR) is 71.5 cm³/mol. The summed E-state index contributed by atoms with van der Waals surface area (Å²) in [6.07, 6.45) is 0. The van der Waals surface area contributed by atoms with Gasteiger partial charge in [-0.1, -0.05) is 11.6 Å². The van der Waals surface area contributed by atoms with E-state index in [9.17, 15) is 4.79 Å². The second-order valence-electron chi connectivity index (χ2n) is 4.01. The van der Waals surface area contributed by atoms with Crippen LogP contribution in [0.2, 0.25) is 5.02 Å². The lowest BCUT2D eigenvalue weighted by Gasteiger charge is -2.27. The Kier molecular flexibility index (Phi) is 4.28. The fourth-order valence-corrected chi connectivity index (χ4v) is 2.01. The number of piperazine rings is 1. The average molecular weight is 270 g/mol. The van der Waals surface area contributed by atoms with Crippen LogP contribution >= 0.6 is 11.6 Å². The number of nitrogens with zero attached hydrogens (tertiary/aromatic N) is 1. The minimum Gasteiger partial charge on any atom is -0.495 e. The number of methoxy groups -OCH3 is 1. The molecule has 1 aromatic rings. The van der Waals surface area contributed by atoms with Crippen molar-refractivity contribution in [2.45, 2.75) is 0 Å². The number of ether oxygens (including phenoxy) is 1. The van der Waals surface area contributed by atoms with E-state index in [1.165, 1.54) is 0 Å². The molecule has 5 nitrogen and oxygen atoms in total. The molecule has 1 aliphatic rings. The highest BCUT2D eigenvalue weighted by Crippen LogP contribution is 2.27. The van der Waals surface area contributed by atoms with Crippen molar-refractivity contribution in [3.63, 3.8) is 0 Å². The SMILES string of the molecule is COc1ccc(Cl)cc1NC(=O)N1CCNCC1. The second-order valence-corrected chi connectivity index (χ2v) is 4.45. The van der Waals surface area contributed by atoms with Crippen molar-refractivity contribution < 1.29 is 9.53 Å². The van der Waals surface area contributed by atoms with E-state index in [1.807, 2.05) is 0 Å². The van der Waals surface area contributed by atoms with Crippen molar-refractivity contribution in [1.82, 2.24) is 10.2 Å². The third-order valence-corrected chi connectivity index (χ3v) is 3.04. The maximum absolute atomic E-state index is 12.0. The molecule has 0 aliphatic carbocycles.